The van der Waals surface area contributed by atoms with E-state index in [9.17, 15) is 0 Å². The summed E-state index contributed by atoms with van der Waals surface area (Å²) in [7, 11) is 0. The summed E-state index contributed by atoms with van der Waals surface area (Å²) in [5.74, 6) is 0.951. The second-order valence-electron chi connectivity index (χ2n) is 3.73. The van der Waals surface area contributed by atoms with Crippen molar-refractivity contribution >= 4 is 28.8 Å². The van der Waals surface area contributed by atoms with Gasteiger partial charge in [-0.05, 0) is 12.1 Å². The highest BCUT2D eigenvalue weighted by molar-refractivity contribution is 7.09. The molecule has 1 aliphatic rings. The number of fused-ring (bicyclic) bond motifs is 1. The molecule has 3 nitrogen and oxygen atoms in total. The Morgan fingerprint density at radius 2 is 2.31 bits per heavy atom. The average Bonchev–Trinajstić information content (AvgIpc) is 2.75. The van der Waals surface area contributed by atoms with Gasteiger partial charge in [0.05, 0.1) is 17.7 Å². The van der Waals surface area contributed by atoms with Crippen LogP contribution in [-0.4, -0.2) is 16.5 Å². The number of aromatic nitrogens is 2. The summed E-state index contributed by atoms with van der Waals surface area (Å²) >= 11 is 7.68. The second-order valence-corrected chi connectivity index (χ2v) is 5.10. The highest BCUT2D eigenvalue weighted by Crippen LogP contribution is 2.26. The Balaban J connectivity index is 1.88. The van der Waals surface area contributed by atoms with Crippen molar-refractivity contribution in [1.82, 2.24) is 9.97 Å². The average molecular weight is 252 g/mol. The molecule has 0 N–H and O–H groups in total. The third-order valence-electron chi connectivity index (χ3n) is 2.71. The fourth-order valence-electron chi connectivity index (χ4n) is 1.88. The van der Waals surface area contributed by atoms with Gasteiger partial charge < -0.3 is 4.90 Å². The maximum Gasteiger partial charge on any atom is 0.130 e. The van der Waals surface area contributed by atoms with Gasteiger partial charge in [0.25, 0.3) is 0 Å². The van der Waals surface area contributed by atoms with E-state index >= 15 is 0 Å². The Morgan fingerprint density at radius 3 is 3.19 bits per heavy atom. The quantitative estimate of drug-likeness (QED) is 0.781. The minimum absolute atomic E-state index is 0.736. The molecule has 82 valence electrons. The molecule has 0 saturated carbocycles. The zero-order valence-electron chi connectivity index (χ0n) is 8.56. The van der Waals surface area contributed by atoms with Crippen LogP contribution in [0.4, 0.5) is 5.82 Å². The van der Waals surface area contributed by atoms with Crippen LogP contribution in [0.1, 0.15) is 10.6 Å². The molecule has 0 aromatic carbocycles. The van der Waals surface area contributed by atoms with Gasteiger partial charge in [-0.15, -0.1) is 11.3 Å². The number of nitrogens with zero attached hydrogens (tertiary/aromatic N) is 3. The molecular weight excluding hydrogens is 242 g/mol. The van der Waals surface area contributed by atoms with E-state index in [-0.39, 0.29) is 0 Å². The molecule has 0 spiro atoms. The largest absolute Gasteiger partial charge is 0.351 e. The van der Waals surface area contributed by atoms with Crippen LogP contribution in [0.3, 0.4) is 0 Å². The van der Waals surface area contributed by atoms with E-state index in [0.717, 1.165) is 30.4 Å². The van der Waals surface area contributed by atoms with Crippen LogP contribution in [0.25, 0.3) is 0 Å². The topological polar surface area (TPSA) is 29.0 Å². The molecule has 3 heterocycles. The van der Waals surface area contributed by atoms with E-state index in [0.29, 0.717) is 0 Å². The third-order valence-corrected chi connectivity index (χ3v) is 3.81. The molecule has 0 atom stereocenters. The van der Waals surface area contributed by atoms with E-state index in [1.807, 2.05) is 11.6 Å². The molecule has 0 bridgehead atoms. The summed E-state index contributed by atoms with van der Waals surface area (Å²) < 4.78 is 0. The van der Waals surface area contributed by atoms with Crippen LogP contribution in [0.15, 0.2) is 23.8 Å². The summed E-state index contributed by atoms with van der Waals surface area (Å²) in [6.07, 6.45) is 2.74. The standard InChI is InChI=1S/C11H10ClN3S/c12-8-1-3-13-11(5-8)15-4-2-9-10(6-15)16-7-14-9/h1,3,5,7H,2,4,6H2. The Hall–Kier alpha value is -1.13. The summed E-state index contributed by atoms with van der Waals surface area (Å²) in [4.78, 5) is 12.3. The molecule has 5 heteroatoms. The van der Waals surface area contributed by atoms with Crippen molar-refractivity contribution in [1.29, 1.82) is 0 Å². The molecule has 1 aliphatic heterocycles. The van der Waals surface area contributed by atoms with Gasteiger partial charge in [-0.2, -0.15) is 0 Å². The fraction of sp³-hybridized carbons (Fsp3) is 0.273. The predicted octanol–water partition coefficient (Wildman–Crippen LogP) is 2.75. The van der Waals surface area contributed by atoms with Crippen molar-refractivity contribution in [3.8, 4) is 0 Å². The maximum atomic E-state index is 5.97. The van der Waals surface area contributed by atoms with Crippen LogP contribution in [0.2, 0.25) is 5.02 Å². The number of hydrogen-bond acceptors (Lipinski definition) is 4. The molecule has 2 aromatic rings. The van der Waals surface area contributed by atoms with Gasteiger partial charge in [0.1, 0.15) is 5.82 Å². The molecule has 0 amide bonds. The number of thiazole rings is 1. The molecule has 0 unspecified atom stereocenters. The van der Waals surface area contributed by atoms with Gasteiger partial charge >= 0.3 is 0 Å². The number of pyridine rings is 1. The molecule has 0 aliphatic carbocycles. The van der Waals surface area contributed by atoms with Gasteiger partial charge in [0, 0.05) is 29.1 Å². The summed E-state index contributed by atoms with van der Waals surface area (Å²) in [5, 5.41) is 0.736. The Bertz CT molecular complexity index is 511. The Morgan fingerprint density at radius 1 is 1.38 bits per heavy atom. The van der Waals surface area contributed by atoms with E-state index < -0.39 is 0 Å². The van der Waals surface area contributed by atoms with Crippen LogP contribution in [0.5, 0.6) is 0 Å². The van der Waals surface area contributed by atoms with Gasteiger partial charge in [-0.25, -0.2) is 9.97 Å². The Kier molecular flexibility index (Phi) is 2.53. The van der Waals surface area contributed by atoms with E-state index in [1.165, 1.54) is 10.6 Å². The van der Waals surface area contributed by atoms with Crippen molar-refractivity contribution in [3.05, 3.63) is 39.4 Å². The first-order valence-corrected chi connectivity index (χ1v) is 6.36. The summed E-state index contributed by atoms with van der Waals surface area (Å²) in [5.41, 5.74) is 3.16. The number of rotatable bonds is 1. The van der Waals surface area contributed by atoms with Gasteiger partial charge in [0.2, 0.25) is 0 Å². The van der Waals surface area contributed by atoms with E-state index in [4.69, 9.17) is 11.6 Å². The zero-order valence-corrected chi connectivity index (χ0v) is 10.1. The van der Waals surface area contributed by atoms with Crippen molar-refractivity contribution in [2.45, 2.75) is 13.0 Å². The highest BCUT2D eigenvalue weighted by atomic mass is 35.5. The number of hydrogen-bond donors (Lipinski definition) is 0. The lowest BCUT2D eigenvalue weighted by Gasteiger charge is -2.27. The van der Waals surface area contributed by atoms with Crippen LogP contribution in [-0.2, 0) is 13.0 Å². The lowest BCUT2D eigenvalue weighted by Crippen LogP contribution is -2.30. The van der Waals surface area contributed by atoms with Crippen LogP contribution in [0, 0.1) is 0 Å². The minimum Gasteiger partial charge on any atom is -0.351 e. The first-order chi connectivity index (χ1) is 7.83. The fourth-order valence-corrected chi connectivity index (χ4v) is 2.86. The highest BCUT2D eigenvalue weighted by Gasteiger charge is 2.19. The first-order valence-electron chi connectivity index (χ1n) is 5.10. The van der Waals surface area contributed by atoms with Gasteiger partial charge in [-0.3, -0.25) is 0 Å². The molecule has 0 radical (unpaired) electrons. The molecule has 3 rings (SSSR count). The van der Waals surface area contributed by atoms with Gasteiger partial charge in [0.15, 0.2) is 0 Å². The predicted molar refractivity (Wildman–Crippen MR) is 66.1 cm³/mol. The maximum absolute atomic E-state index is 5.97. The zero-order chi connectivity index (χ0) is 11.0. The number of halogens is 1. The molecular formula is C11H10ClN3S. The molecule has 0 saturated heterocycles. The van der Waals surface area contributed by atoms with Crippen molar-refractivity contribution in [2.75, 3.05) is 11.4 Å². The van der Waals surface area contributed by atoms with Crippen molar-refractivity contribution < 1.29 is 0 Å². The van der Waals surface area contributed by atoms with E-state index in [2.05, 4.69) is 14.9 Å². The third kappa shape index (κ3) is 1.79. The lowest BCUT2D eigenvalue weighted by atomic mass is 10.2. The smallest absolute Gasteiger partial charge is 0.130 e. The SMILES string of the molecule is Clc1ccnc(N2CCc3ncsc3C2)c1. The van der Waals surface area contributed by atoms with E-state index in [1.54, 1.807) is 23.6 Å². The van der Waals surface area contributed by atoms with Crippen LogP contribution >= 0.6 is 22.9 Å². The Labute approximate surface area is 103 Å². The van der Waals surface area contributed by atoms with Gasteiger partial charge in [-0.1, -0.05) is 11.6 Å². The second kappa shape index (κ2) is 4.03. The number of anilines is 1. The van der Waals surface area contributed by atoms with Crippen molar-refractivity contribution in [2.24, 2.45) is 0 Å². The lowest BCUT2D eigenvalue weighted by molar-refractivity contribution is 0.719. The monoisotopic (exact) mass is 251 g/mol. The summed E-state index contributed by atoms with van der Waals surface area (Å²) in [6, 6.07) is 3.71. The molecule has 16 heavy (non-hydrogen) atoms. The van der Waals surface area contributed by atoms with Crippen LogP contribution < -0.4 is 4.90 Å². The minimum atomic E-state index is 0.736. The van der Waals surface area contributed by atoms with Crippen molar-refractivity contribution in [3.63, 3.8) is 0 Å². The molecule has 2 aromatic heterocycles. The first kappa shape index (κ1) is 10.1. The molecule has 0 fully saturated rings. The normalized spacial score (nSPS) is 14.9. The summed E-state index contributed by atoms with van der Waals surface area (Å²) in [6.45, 7) is 1.86.